The summed E-state index contributed by atoms with van der Waals surface area (Å²) in [6.45, 7) is 2.94. The number of ether oxygens (including phenoxy) is 4. The third-order valence-electron chi connectivity index (χ3n) is 4.16. The molecule has 3 saturated heterocycles. The van der Waals surface area contributed by atoms with Crippen LogP contribution in [0.5, 0.6) is 0 Å². The highest BCUT2D eigenvalue weighted by Crippen LogP contribution is 2.48. The van der Waals surface area contributed by atoms with Gasteiger partial charge < -0.3 is 18.9 Å². The van der Waals surface area contributed by atoms with E-state index in [0.717, 1.165) is 38.7 Å². The Morgan fingerprint density at radius 1 is 1.12 bits per heavy atom. The van der Waals surface area contributed by atoms with E-state index in [9.17, 15) is 0 Å². The van der Waals surface area contributed by atoms with Crippen molar-refractivity contribution in [2.75, 3.05) is 13.7 Å². The van der Waals surface area contributed by atoms with Gasteiger partial charge in [0.1, 0.15) is 0 Å². The molecule has 1 unspecified atom stereocenters. The van der Waals surface area contributed by atoms with Crippen LogP contribution in [0.25, 0.3) is 0 Å². The maximum absolute atomic E-state index is 6.02. The van der Waals surface area contributed by atoms with Crippen LogP contribution in [0.3, 0.4) is 0 Å². The average molecular weight is 242 g/mol. The summed E-state index contributed by atoms with van der Waals surface area (Å²) >= 11 is 0. The molecule has 4 bridgehead atoms. The fourth-order valence-electron chi connectivity index (χ4n) is 3.30. The van der Waals surface area contributed by atoms with Crippen LogP contribution in [0.15, 0.2) is 0 Å². The van der Waals surface area contributed by atoms with E-state index >= 15 is 0 Å². The smallest absolute Gasteiger partial charge is 0.286 e. The van der Waals surface area contributed by atoms with Crippen LogP contribution in [0, 0.1) is 5.92 Å². The van der Waals surface area contributed by atoms with Crippen molar-refractivity contribution in [3.05, 3.63) is 0 Å². The van der Waals surface area contributed by atoms with Crippen molar-refractivity contribution in [3.63, 3.8) is 0 Å². The second-order valence-electron chi connectivity index (χ2n) is 5.57. The van der Waals surface area contributed by atoms with Crippen molar-refractivity contribution in [2.45, 2.75) is 63.3 Å². The highest BCUT2D eigenvalue weighted by atomic mass is 16.9. The van der Waals surface area contributed by atoms with Gasteiger partial charge in [0.15, 0.2) is 0 Å². The molecule has 1 aliphatic carbocycles. The first-order valence-corrected chi connectivity index (χ1v) is 6.74. The van der Waals surface area contributed by atoms with Gasteiger partial charge in [-0.05, 0) is 12.8 Å². The average Bonchev–Trinajstić information content (AvgIpc) is 2.27. The summed E-state index contributed by atoms with van der Waals surface area (Å²) in [5.41, 5.74) is 0. The molecule has 0 N–H and O–H groups in total. The topological polar surface area (TPSA) is 36.9 Å². The molecule has 0 spiro atoms. The zero-order valence-corrected chi connectivity index (χ0v) is 10.7. The molecule has 1 atom stereocenters. The van der Waals surface area contributed by atoms with Crippen LogP contribution < -0.4 is 0 Å². The summed E-state index contributed by atoms with van der Waals surface area (Å²) in [5, 5.41) is 0. The maximum Gasteiger partial charge on any atom is 0.286 e. The van der Waals surface area contributed by atoms with Crippen LogP contribution in [0.1, 0.15) is 39.0 Å². The van der Waals surface area contributed by atoms with Gasteiger partial charge in [-0.2, -0.15) is 0 Å². The summed E-state index contributed by atoms with van der Waals surface area (Å²) in [7, 11) is 1.74. The molecule has 4 nitrogen and oxygen atoms in total. The predicted molar refractivity (Wildman–Crippen MR) is 61.5 cm³/mol. The molecule has 1 saturated carbocycles. The standard InChI is InChI=1S/C13H22O4/c1-9(4-3-5-14-2)13-15-10-6-11(16-13)8-12(7-10)17-13/h9-12H,3-8H2,1-2H3. The molecule has 4 rings (SSSR count). The largest absolute Gasteiger partial charge is 0.385 e. The molecule has 0 radical (unpaired) electrons. The minimum absolute atomic E-state index is 0.269. The molecule has 0 aromatic rings. The Labute approximate surface area is 103 Å². The Balaban J connectivity index is 1.64. The lowest BCUT2D eigenvalue weighted by Gasteiger charge is -2.57. The lowest BCUT2D eigenvalue weighted by atomic mass is 9.87. The van der Waals surface area contributed by atoms with E-state index in [1.165, 1.54) is 0 Å². The SMILES string of the molecule is COCCCC(C)C12OC3CC(CC(C3)O1)O2. The van der Waals surface area contributed by atoms with E-state index in [1.54, 1.807) is 7.11 Å². The Morgan fingerprint density at radius 3 is 2.12 bits per heavy atom. The van der Waals surface area contributed by atoms with Crippen molar-refractivity contribution in [1.29, 1.82) is 0 Å². The van der Waals surface area contributed by atoms with Gasteiger partial charge in [0, 0.05) is 38.9 Å². The van der Waals surface area contributed by atoms with Gasteiger partial charge in [-0.3, -0.25) is 0 Å². The van der Waals surface area contributed by atoms with Gasteiger partial charge in [-0.25, -0.2) is 0 Å². The van der Waals surface area contributed by atoms with Gasteiger partial charge in [-0.1, -0.05) is 6.92 Å². The van der Waals surface area contributed by atoms with E-state index in [2.05, 4.69) is 6.92 Å². The normalized spacial score (nSPS) is 45.2. The highest BCUT2D eigenvalue weighted by Gasteiger charge is 2.57. The molecular weight excluding hydrogens is 220 g/mol. The first-order chi connectivity index (χ1) is 8.22. The third kappa shape index (κ3) is 2.12. The maximum atomic E-state index is 6.02. The van der Waals surface area contributed by atoms with Gasteiger partial charge in [0.05, 0.1) is 18.3 Å². The van der Waals surface area contributed by atoms with Crippen molar-refractivity contribution < 1.29 is 18.9 Å². The van der Waals surface area contributed by atoms with Crippen molar-refractivity contribution in [2.24, 2.45) is 5.92 Å². The van der Waals surface area contributed by atoms with E-state index < -0.39 is 5.97 Å². The minimum Gasteiger partial charge on any atom is -0.385 e. The lowest BCUT2D eigenvalue weighted by molar-refractivity contribution is -0.509. The second-order valence-corrected chi connectivity index (χ2v) is 5.57. The number of methoxy groups -OCH3 is 1. The first-order valence-electron chi connectivity index (χ1n) is 6.74. The van der Waals surface area contributed by atoms with Crippen LogP contribution in [0.2, 0.25) is 0 Å². The zero-order valence-electron chi connectivity index (χ0n) is 10.7. The van der Waals surface area contributed by atoms with E-state index in [4.69, 9.17) is 18.9 Å². The quantitative estimate of drug-likeness (QED) is 0.692. The molecule has 4 aliphatic rings. The van der Waals surface area contributed by atoms with Gasteiger partial charge in [0.2, 0.25) is 0 Å². The van der Waals surface area contributed by atoms with Gasteiger partial charge in [-0.15, -0.1) is 0 Å². The summed E-state index contributed by atoms with van der Waals surface area (Å²) in [6.07, 6.45) is 6.24. The summed E-state index contributed by atoms with van der Waals surface area (Å²) < 4.78 is 23.1. The number of hydrogen-bond donors (Lipinski definition) is 0. The van der Waals surface area contributed by atoms with Crippen molar-refractivity contribution >= 4 is 0 Å². The molecule has 0 aromatic carbocycles. The Bertz CT molecular complexity index is 243. The van der Waals surface area contributed by atoms with Crippen LogP contribution in [-0.4, -0.2) is 38.0 Å². The van der Waals surface area contributed by atoms with Crippen LogP contribution >= 0.6 is 0 Å². The van der Waals surface area contributed by atoms with Crippen molar-refractivity contribution in [3.8, 4) is 0 Å². The zero-order chi connectivity index (χ0) is 11.9. The van der Waals surface area contributed by atoms with Crippen molar-refractivity contribution in [1.82, 2.24) is 0 Å². The molecule has 3 aliphatic heterocycles. The first kappa shape index (κ1) is 11.9. The van der Waals surface area contributed by atoms with Crippen LogP contribution in [-0.2, 0) is 18.9 Å². The molecular formula is C13H22O4. The Hall–Kier alpha value is -0.160. The second kappa shape index (κ2) is 4.50. The molecule has 4 fully saturated rings. The molecule has 98 valence electrons. The van der Waals surface area contributed by atoms with Crippen LogP contribution in [0.4, 0.5) is 0 Å². The molecule has 0 aromatic heterocycles. The van der Waals surface area contributed by atoms with E-state index in [1.807, 2.05) is 0 Å². The third-order valence-corrected chi connectivity index (χ3v) is 4.16. The Morgan fingerprint density at radius 2 is 1.65 bits per heavy atom. The van der Waals surface area contributed by atoms with Gasteiger partial charge in [0.25, 0.3) is 5.97 Å². The van der Waals surface area contributed by atoms with E-state index in [0.29, 0.717) is 18.3 Å². The summed E-state index contributed by atoms with van der Waals surface area (Å²) in [5.74, 6) is -0.478. The summed E-state index contributed by atoms with van der Waals surface area (Å²) in [4.78, 5) is 0. The minimum atomic E-state index is -0.748. The number of hydrogen-bond acceptors (Lipinski definition) is 4. The van der Waals surface area contributed by atoms with Gasteiger partial charge >= 0.3 is 0 Å². The highest BCUT2D eigenvalue weighted by molar-refractivity contribution is 4.93. The monoisotopic (exact) mass is 242 g/mol. The fourth-order valence-corrected chi connectivity index (χ4v) is 3.30. The fraction of sp³-hybridized carbons (Fsp3) is 1.00. The number of rotatable bonds is 5. The Kier molecular flexibility index (Phi) is 3.15. The molecule has 0 amide bonds. The molecule has 3 heterocycles. The molecule has 4 heteroatoms. The summed E-state index contributed by atoms with van der Waals surface area (Å²) in [6, 6.07) is 0. The molecule has 17 heavy (non-hydrogen) atoms. The predicted octanol–water partition coefficient (Wildman–Crippen LogP) is 2.07. The lowest BCUT2D eigenvalue weighted by Crippen LogP contribution is -2.64. The van der Waals surface area contributed by atoms with E-state index in [-0.39, 0.29) is 5.92 Å².